The number of hydrogen-bond acceptors (Lipinski definition) is 7. The molecule has 27 heavy (non-hydrogen) atoms. The minimum Gasteiger partial charge on any atom is -0.495 e. The number of ether oxygens (including phenoxy) is 2. The Labute approximate surface area is 160 Å². The first-order chi connectivity index (χ1) is 13.2. The average Bonchev–Trinajstić information content (AvgIpc) is 2.74. The van der Waals surface area contributed by atoms with Gasteiger partial charge >= 0.3 is 0 Å². The summed E-state index contributed by atoms with van der Waals surface area (Å²) < 4.78 is 11.0. The summed E-state index contributed by atoms with van der Waals surface area (Å²) in [6, 6.07) is 10.3. The maximum absolute atomic E-state index is 5.51. The zero-order valence-corrected chi connectivity index (χ0v) is 16.1. The molecule has 2 aliphatic rings. The number of aryl methyl sites for hydroxylation is 1. The Morgan fingerprint density at radius 1 is 0.889 bits per heavy atom. The first-order valence-electron chi connectivity index (χ1n) is 9.56. The van der Waals surface area contributed by atoms with Crippen molar-refractivity contribution in [1.29, 1.82) is 0 Å². The number of morpholine rings is 1. The third-order valence-electron chi connectivity index (χ3n) is 5.15. The zero-order valence-electron chi connectivity index (χ0n) is 16.1. The predicted octanol–water partition coefficient (Wildman–Crippen LogP) is 1.96. The van der Waals surface area contributed by atoms with E-state index in [1.54, 1.807) is 7.11 Å². The maximum atomic E-state index is 5.51. The predicted molar refractivity (Wildman–Crippen MR) is 107 cm³/mol. The highest BCUT2D eigenvalue weighted by Crippen LogP contribution is 2.29. The van der Waals surface area contributed by atoms with Gasteiger partial charge in [-0.15, -0.1) is 0 Å². The molecule has 2 saturated heterocycles. The lowest BCUT2D eigenvalue weighted by Crippen LogP contribution is -2.47. The fraction of sp³-hybridized carbons (Fsp3) is 0.500. The Morgan fingerprint density at radius 3 is 2.33 bits per heavy atom. The largest absolute Gasteiger partial charge is 0.495 e. The lowest BCUT2D eigenvalue weighted by Gasteiger charge is -2.37. The van der Waals surface area contributed by atoms with E-state index in [0.717, 1.165) is 81.4 Å². The van der Waals surface area contributed by atoms with E-state index in [9.17, 15) is 0 Å². The number of methoxy groups -OCH3 is 1. The summed E-state index contributed by atoms with van der Waals surface area (Å²) in [6.45, 7) is 8.96. The first-order valence-corrected chi connectivity index (χ1v) is 9.56. The molecule has 7 nitrogen and oxygen atoms in total. The first kappa shape index (κ1) is 17.9. The molecule has 2 fully saturated rings. The molecule has 1 aromatic heterocycles. The molecule has 2 aromatic rings. The van der Waals surface area contributed by atoms with Gasteiger partial charge in [0.25, 0.3) is 0 Å². The zero-order chi connectivity index (χ0) is 18.6. The van der Waals surface area contributed by atoms with Crippen molar-refractivity contribution in [3.63, 3.8) is 0 Å². The number of benzene rings is 1. The highest BCUT2D eigenvalue weighted by Gasteiger charge is 2.22. The summed E-state index contributed by atoms with van der Waals surface area (Å²) in [4.78, 5) is 16.5. The highest BCUT2D eigenvalue weighted by atomic mass is 16.5. The van der Waals surface area contributed by atoms with Gasteiger partial charge in [-0.25, -0.2) is 4.98 Å². The third kappa shape index (κ3) is 3.93. The molecule has 0 N–H and O–H groups in total. The summed E-state index contributed by atoms with van der Waals surface area (Å²) in [5.74, 6) is 2.76. The number of piperazine rings is 1. The third-order valence-corrected chi connectivity index (χ3v) is 5.15. The minimum atomic E-state index is 0.760. The molecule has 4 rings (SSSR count). The Hall–Kier alpha value is -2.54. The van der Waals surface area contributed by atoms with Gasteiger partial charge in [-0.2, -0.15) is 4.98 Å². The van der Waals surface area contributed by atoms with Crippen molar-refractivity contribution in [2.75, 3.05) is 74.3 Å². The van der Waals surface area contributed by atoms with E-state index in [1.165, 1.54) is 0 Å². The SMILES string of the molecule is COc1ccccc1N1CCN(c2nc(C)cc(N3CCOCC3)n2)CC1. The van der Waals surface area contributed by atoms with Crippen LogP contribution < -0.4 is 19.4 Å². The van der Waals surface area contributed by atoms with Crippen LogP contribution in [0.1, 0.15) is 5.69 Å². The molecular weight excluding hydrogens is 342 g/mol. The number of nitrogens with zero attached hydrogens (tertiary/aromatic N) is 5. The van der Waals surface area contributed by atoms with Gasteiger partial charge < -0.3 is 24.2 Å². The molecule has 0 unspecified atom stereocenters. The smallest absolute Gasteiger partial charge is 0.227 e. The summed E-state index contributed by atoms with van der Waals surface area (Å²) >= 11 is 0. The number of rotatable bonds is 4. The molecular formula is C20H27N5O2. The Bertz CT molecular complexity index is 771. The minimum absolute atomic E-state index is 0.760. The molecule has 0 bridgehead atoms. The highest BCUT2D eigenvalue weighted by molar-refractivity contribution is 5.59. The van der Waals surface area contributed by atoms with Gasteiger partial charge in [-0.3, -0.25) is 0 Å². The molecule has 144 valence electrons. The van der Waals surface area contributed by atoms with E-state index in [-0.39, 0.29) is 0 Å². The van der Waals surface area contributed by atoms with Gasteiger partial charge in [0.1, 0.15) is 11.6 Å². The molecule has 1 aromatic carbocycles. The van der Waals surface area contributed by atoms with Crippen molar-refractivity contribution in [2.45, 2.75) is 6.92 Å². The Morgan fingerprint density at radius 2 is 1.59 bits per heavy atom. The molecule has 2 aliphatic heterocycles. The second kappa shape index (κ2) is 8.00. The normalized spacial score (nSPS) is 17.9. The van der Waals surface area contributed by atoms with E-state index >= 15 is 0 Å². The van der Waals surface area contributed by atoms with Crippen molar-refractivity contribution in [1.82, 2.24) is 9.97 Å². The number of para-hydroxylation sites is 2. The van der Waals surface area contributed by atoms with Gasteiger partial charge in [0.15, 0.2) is 0 Å². The molecule has 0 saturated carbocycles. The van der Waals surface area contributed by atoms with E-state index in [0.29, 0.717) is 0 Å². The van der Waals surface area contributed by atoms with Gasteiger partial charge in [0, 0.05) is 51.0 Å². The van der Waals surface area contributed by atoms with Crippen LogP contribution >= 0.6 is 0 Å². The van der Waals surface area contributed by atoms with Gasteiger partial charge in [-0.1, -0.05) is 12.1 Å². The number of anilines is 3. The average molecular weight is 369 g/mol. The summed E-state index contributed by atoms with van der Waals surface area (Å²) in [5.41, 5.74) is 2.16. The lowest BCUT2D eigenvalue weighted by molar-refractivity contribution is 0.122. The molecule has 7 heteroatoms. The van der Waals surface area contributed by atoms with Gasteiger partial charge in [-0.05, 0) is 19.1 Å². The van der Waals surface area contributed by atoms with Crippen molar-refractivity contribution in [2.24, 2.45) is 0 Å². The van der Waals surface area contributed by atoms with Crippen molar-refractivity contribution < 1.29 is 9.47 Å². The van der Waals surface area contributed by atoms with Crippen LogP contribution in [0.5, 0.6) is 5.75 Å². The summed E-state index contributed by atoms with van der Waals surface area (Å²) in [6.07, 6.45) is 0. The lowest BCUT2D eigenvalue weighted by atomic mass is 10.2. The molecule has 3 heterocycles. The van der Waals surface area contributed by atoms with Crippen LogP contribution in [-0.2, 0) is 4.74 Å². The van der Waals surface area contributed by atoms with Crippen LogP contribution in [0, 0.1) is 6.92 Å². The molecule has 0 aliphatic carbocycles. The second-order valence-electron chi connectivity index (χ2n) is 6.91. The van der Waals surface area contributed by atoms with Crippen molar-refractivity contribution in [3.05, 3.63) is 36.0 Å². The standard InChI is InChI=1S/C20H27N5O2/c1-16-15-19(24-11-13-27-14-12-24)22-20(21-16)25-9-7-23(8-10-25)17-5-3-4-6-18(17)26-2/h3-6,15H,7-14H2,1-2H3. The maximum Gasteiger partial charge on any atom is 0.227 e. The number of hydrogen-bond donors (Lipinski definition) is 0. The molecule has 0 spiro atoms. The number of aromatic nitrogens is 2. The van der Waals surface area contributed by atoms with Crippen molar-refractivity contribution in [3.8, 4) is 5.75 Å². The van der Waals surface area contributed by atoms with E-state index in [1.807, 2.05) is 19.1 Å². The van der Waals surface area contributed by atoms with E-state index < -0.39 is 0 Å². The fourth-order valence-corrected chi connectivity index (χ4v) is 3.67. The topological polar surface area (TPSA) is 54.0 Å². The van der Waals surface area contributed by atoms with Crippen LogP contribution in [-0.4, -0.2) is 69.6 Å². The van der Waals surface area contributed by atoms with Crippen LogP contribution in [0.3, 0.4) is 0 Å². The Kier molecular flexibility index (Phi) is 5.29. The monoisotopic (exact) mass is 369 g/mol. The summed E-state index contributed by atoms with van der Waals surface area (Å²) in [5, 5.41) is 0. The van der Waals surface area contributed by atoms with E-state index in [4.69, 9.17) is 19.4 Å². The quantitative estimate of drug-likeness (QED) is 0.816. The van der Waals surface area contributed by atoms with Crippen LogP contribution in [0.4, 0.5) is 17.5 Å². The molecule has 0 amide bonds. The van der Waals surface area contributed by atoms with Gasteiger partial charge in [0.2, 0.25) is 5.95 Å². The molecule has 0 radical (unpaired) electrons. The van der Waals surface area contributed by atoms with Crippen LogP contribution in [0.25, 0.3) is 0 Å². The Balaban J connectivity index is 1.47. The summed E-state index contributed by atoms with van der Waals surface area (Å²) in [7, 11) is 1.73. The van der Waals surface area contributed by atoms with Crippen molar-refractivity contribution >= 4 is 17.5 Å². The second-order valence-corrected chi connectivity index (χ2v) is 6.91. The molecule has 0 atom stereocenters. The van der Waals surface area contributed by atoms with Crippen LogP contribution in [0.2, 0.25) is 0 Å². The van der Waals surface area contributed by atoms with E-state index in [2.05, 4.69) is 32.9 Å². The van der Waals surface area contributed by atoms with Crippen LogP contribution in [0.15, 0.2) is 30.3 Å². The fourth-order valence-electron chi connectivity index (χ4n) is 3.67. The van der Waals surface area contributed by atoms with Gasteiger partial charge in [0.05, 0.1) is 26.0 Å².